The molecule has 1 aliphatic rings. The topological polar surface area (TPSA) is 53.5 Å². The van der Waals surface area contributed by atoms with Crippen molar-refractivity contribution < 1.29 is 14.0 Å². The van der Waals surface area contributed by atoms with Gasteiger partial charge in [0, 0.05) is 30.5 Å². The predicted molar refractivity (Wildman–Crippen MR) is 122 cm³/mol. The molecule has 0 bridgehead atoms. The molecule has 0 saturated heterocycles. The third kappa shape index (κ3) is 4.27. The lowest BCUT2D eigenvalue weighted by Gasteiger charge is -2.25. The van der Waals surface area contributed by atoms with Gasteiger partial charge in [0.15, 0.2) is 0 Å². The predicted octanol–water partition coefficient (Wildman–Crippen LogP) is 4.72. The zero-order valence-corrected chi connectivity index (χ0v) is 18.2. The number of likely N-dealkylation sites (N-methyl/N-ethyl adjacent to an activating group) is 1. The Morgan fingerprint density at radius 2 is 1.72 bits per heavy atom. The monoisotopic (exact) mass is 449 g/mol. The van der Waals surface area contributed by atoms with Crippen molar-refractivity contribution in [1.82, 2.24) is 9.88 Å². The number of carbonyl (C=O) groups excluding carboxylic acids is 2. The number of hydrogen-bond donors (Lipinski definition) is 0. The van der Waals surface area contributed by atoms with Gasteiger partial charge in [-0.2, -0.15) is 0 Å². The van der Waals surface area contributed by atoms with Crippen LogP contribution in [0.2, 0.25) is 5.02 Å². The van der Waals surface area contributed by atoms with Gasteiger partial charge in [0.2, 0.25) is 0 Å². The number of halogens is 2. The fourth-order valence-corrected chi connectivity index (χ4v) is 3.91. The van der Waals surface area contributed by atoms with Crippen LogP contribution in [0.15, 0.2) is 78.8 Å². The van der Waals surface area contributed by atoms with E-state index in [2.05, 4.69) is 4.98 Å². The van der Waals surface area contributed by atoms with E-state index in [4.69, 9.17) is 11.6 Å². The summed E-state index contributed by atoms with van der Waals surface area (Å²) >= 11 is 6.03. The number of pyridine rings is 1. The van der Waals surface area contributed by atoms with Crippen LogP contribution in [0.3, 0.4) is 0 Å². The van der Waals surface area contributed by atoms with Gasteiger partial charge in [-0.15, -0.1) is 0 Å². The first-order chi connectivity index (χ1) is 15.5. The van der Waals surface area contributed by atoms with Crippen LogP contribution in [-0.4, -0.2) is 34.8 Å². The van der Waals surface area contributed by atoms with Crippen molar-refractivity contribution in [3.63, 3.8) is 0 Å². The Labute approximate surface area is 190 Å². The summed E-state index contributed by atoms with van der Waals surface area (Å²) in [6, 6.07) is 16.1. The number of anilines is 1. The molecule has 0 radical (unpaired) electrons. The van der Waals surface area contributed by atoms with Crippen LogP contribution < -0.4 is 4.90 Å². The van der Waals surface area contributed by atoms with Crippen LogP contribution in [0.25, 0.3) is 5.57 Å². The minimum Gasteiger partial charge on any atom is -0.366 e. The summed E-state index contributed by atoms with van der Waals surface area (Å²) in [6.07, 6.45) is 4.12. The maximum atomic E-state index is 13.9. The number of benzene rings is 2. The molecule has 2 aromatic carbocycles. The van der Waals surface area contributed by atoms with E-state index in [-0.39, 0.29) is 11.3 Å². The number of aromatic nitrogens is 1. The highest BCUT2D eigenvalue weighted by atomic mass is 35.5. The first kappa shape index (κ1) is 21.7. The molecule has 162 valence electrons. The largest absolute Gasteiger partial charge is 0.366 e. The van der Waals surface area contributed by atoms with Gasteiger partial charge < -0.3 is 4.90 Å². The smallest absolute Gasteiger partial charge is 0.282 e. The minimum atomic E-state index is -0.519. The SMILES string of the molecule is CCN(CCc1ccncc1)C1=C(c2ccc(Cl)cc2)C(=O)N(c2cccc(F)c2)C1=O. The molecule has 2 heterocycles. The van der Waals surface area contributed by atoms with Crippen LogP contribution in [-0.2, 0) is 16.0 Å². The van der Waals surface area contributed by atoms with E-state index >= 15 is 0 Å². The van der Waals surface area contributed by atoms with E-state index in [9.17, 15) is 14.0 Å². The molecule has 4 rings (SSSR count). The molecule has 0 N–H and O–H groups in total. The van der Waals surface area contributed by atoms with E-state index in [1.807, 2.05) is 24.0 Å². The van der Waals surface area contributed by atoms with Gasteiger partial charge >= 0.3 is 0 Å². The van der Waals surface area contributed by atoms with E-state index in [1.54, 1.807) is 42.7 Å². The zero-order valence-electron chi connectivity index (χ0n) is 17.5. The summed E-state index contributed by atoms with van der Waals surface area (Å²) in [6.45, 7) is 2.98. The second kappa shape index (κ2) is 9.32. The molecule has 1 aromatic heterocycles. The molecule has 3 aromatic rings. The van der Waals surface area contributed by atoms with Crippen molar-refractivity contribution in [2.45, 2.75) is 13.3 Å². The molecule has 7 heteroatoms. The van der Waals surface area contributed by atoms with E-state index in [0.29, 0.717) is 35.8 Å². The average Bonchev–Trinajstić information content (AvgIpc) is 3.06. The number of nitrogens with zero attached hydrogens (tertiary/aromatic N) is 3. The van der Waals surface area contributed by atoms with Crippen LogP contribution in [0.1, 0.15) is 18.1 Å². The van der Waals surface area contributed by atoms with Crippen LogP contribution in [0.4, 0.5) is 10.1 Å². The summed E-state index contributed by atoms with van der Waals surface area (Å²) in [5.41, 5.74) is 2.45. The van der Waals surface area contributed by atoms with Crippen molar-refractivity contribution in [1.29, 1.82) is 0 Å². The Hall–Kier alpha value is -3.51. The molecule has 0 aliphatic carbocycles. The first-order valence-electron chi connectivity index (χ1n) is 10.3. The maximum absolute atomic E-state index is 13.9. The van der Waals surface area contributed by atoms with E-state index in [0.717, 1.165) is 10.5 Å². The van der Waals surface area contributed by atoms with Crippen molar-refractivity contribution in [3.05, 3.63) is 101 Å². The van der Waals surface area contributed by atoms with Crippen LogP contribution >= 0.6 is 11.6 Å². The molecule has 5 nitrogen and oxygen atoms in total. The highest BCUT2D eigenvalue weighted by Crippen LogP contribution is 2.35. The molecule has 0 spiro atoms. The van der Waals surface area contributed by atoms with Crippen LogP contribution in [0, 0.1) is 5.82 Å². The Bertz CT molecular complexity index is 1180. The molecule has 32 heavy (non-hydrogen) atoms. The standard InChI is InChI=1S/C25H21ClFN3O2/c1-2-29(15-12-17-10-13-28-14-11-17)23-22(18-6-8-19(26)9-7-18)24(31)30(25(23)32)21-5-3-4-20(27)16-21/h3-11,13-14,16H,2,12,15H2,1H3. The molecule has 0 unspecified atom stereocenters. The van der Waals surface area contributed by atoms with Gasteiger partial charge in [0.1, 0.15) is 11.5 Å². The van der Waals surface area contributed by atoms with Crippen molar-refractivity contribution in [3.8, 4) is 0 Å². The number of amides is 2. The number of rotatable bonds is 7. The molecule has 0 saturated carbocycles. The van der Waals surface area contributed by atoms with E-state index in [1.165, 1.54) is 18.2 Å². The first-order valence-corrected chi connectivity index (χ1v) is 10.7. The summed E-state index contributed by atoms with van der Waals surface area (Å²) in [5, 5.41) is 0.527. The number of imide groups is 1. The Morgan fingerprint density at radius 3 is 2.38 bits per heavy atom. The zero-order chi connectivity index (χ0) is 22.7. The quantitative estimate of drug-likeness (QED) is 0.490. The molecular formula is C25H21ClFN3O2. The van der Waals surface area contributed by atoms with Crippen molar-refractivity contribution in [2.75, 3.05) is 18.0 Å². The lowest BCUT2D eigenvalue weighted by molar-refractivity contribution is -0.120. The van der Waals surface area contributed by atoms with Gasteiger partial charge in [-0.1, -0.05) is 29.8 Å². The van der Waals surface area contributed by atoms with Gasteiger partial charge in [-0.3, -0.25) is 14.6 Å². The second-order valence-corrected chi connectivity index (χ2v) is 7.78. The Kier molecular flexibility index (Phi) is 6.32. The molecule has 1 aliphatic heterocycles. The second-order valence-electron chi connectivity index (χ2n) is 7.34. The summed E-state index contributed by atoms with van der Waals surface area (Å²) in [5.74, 6) is -1.47. The van der Waals surface area contributed by atoms with Crippen molar-refractivity contribution in [2.24, 2.45) is 0 Å². The van der Waals surface area contributed by atoms with Gasteiger partial charge in [0.05, 0.1) is 11.3 Å². The highest BCUT2D eigenvalue weighted by Gasteiger charge is 2.42. The normalized spacial score (nSPS) is 13.8. The third-order valence-electron chi connectivity index (χ3n) is 5.38. The van der Waals surface area contributed by atoms with Crippen molar-refractivity contribution >= 4 is 34.7 Å². The Balaban J connectivity index is 1.76. The molecule has 0 fully saturated rings. The fraction of sp³-hybridized carbons (Fsp3) is 0.160. The summed E-state index contributed by atoms with van der Waals surface area (Å²) in [4.78, 5) is 34.0. The highest BCUT2D eigenvalue weighted by molar-refractivity contribution is 6.45. The van der Waals surface area contributed by atoms with Gasteiger partial charge in [-0.05, 0) is 66.9 Å². The molecule has 0 atom stereocenters. The summed E-state index contributed by atoms with van der Waals surface area (Å²) in [7, 11) is 0. The Morgan fingerprint density at radius 1 is 1.00 bits per heavy atom. The molecular weight excluding hydrogens is 429 g/mol. The fourth-order valence-electron chi connectivity index (χ4n) is 3.78. The van der Waals surface area contributed by atoms with Gasteiger partial charge in [0.25, 0.3) is 11.8 Å². The van der Waals surface area contributed by atoms with Gasteiger partial charge in [-0.25, -0.2) is 9.29 Å². The number of carbonyl (C=O) groups is 2. The maximum Gasteiger partial charge on any atom is 0.282 e. The average molecular weight is 450 g/mol. The molecule has 2 amide bonds. The lowest BCUT2D eigenvalue weighted by Crippen LogP contribution is -2.36. The third-order valence-corrected chi connectivity index (χ3v) is 5.63. The lowest BCUT2D eigenvalue weighted by atomic mass is 10.0. The van der Waals surface area contributed by atoms with E-state index < -0.39 is 17.6 Å². The summed E-state index contributed by atoms with van der Waals surface area (Å²) < 4.78 is 13.9. The minimum absolute atomic E-state index is 0.201. The van der Waals surface area contributed by atoms with Crippen LogP contribution in [0.5, 0.6) is 0 Å². The number of hydrogen-bond acceptors (Lipinski definition) is 4.